The van der Waals surface area contributed by atoms with Crippen LogP contribution in [0.1, 0.15) is 58.6 Å². The molecular formula is C30H33N5O. The van der Waals surface area contributed by atoms with Gasteiger partial charge in [0.15, 0.2) is 0 Å². The predicted molar refractivity (Wildman–Crippen MR) is 142 cm³/mol. The fourth-order valence-electron chi connectivity index (χ4n) is 5.97. The van der Waals surface area contributed by atoms with E-state index in [1.807, 2.05) is 28.0 Å². The lowest BCUT2D eigenvalue weighted by Crippen LogP contribution is -2.43. The third-order valence-electron chi connectivity index (χ3n) is 7.94. The predicted octanol–water partition coefficient (Wildman–Crippen LogP) is 4.99. The van der Waals surface area contributed by atoms with Crippen molar-refractivity contribution in [1.29, 1.82) is 0 Å². The van der Waals surface area contributed by atoms with Crippen molar-refractivity contribution < 1.29 is 4.79 Å². The standard InChI is InChI=1S/C30H33N5O/c1-21-7-10-29(22(2)32-21)34-20-26-18-25(8-9-28(26)30(34)36)24-11-15-33(16-12-24)19-23-5-3-6-27(17-23)35-14-4-13-31-35/h3-6,8-9,13-14,17-18,24,29,32H,1-2,7,10-12,15-16,19-20H2. The molecule has 2 aromatic carbocycles. The summed E-state index contributed by atoms with van der Waals surface area (Å²) in [7, 11) is 0. The maximum Gasteiger partial charge on any atom is 0.255 e. The Balaban J connectivity index is 1.08. The summed E-state index contributed by atoms with van der Waals surface area (Å²) in [4.78, 5) is 17.7. The number of nitrogens with zero attached hydrogens (tertiary/aromatic N) is 4. The van der Waals surface area contributed by atoms with Crippen molar-refractivity contribution in [3.8, 4) is 5.69 Å². The van der Waals surface area contributed by atoms with Gasteiger partial charge in [0.05, 0.1) is 11.7 Å². The number of hydrogen-bond donors (Lipinski definition) is 1. The number of allylic oxidation sites excluding steroid dienone is 1. The molecule has 3 aromatic rings. The molecular weight excluding hydrogens is 446 g/mol. The summed E-state index contributed by atoms with van der Waals surface area (Å²) in [6.07, 6.45) is 7.83. The van der Waals surface area contributed by atoms with Crippen molar-refractivity contribution in [1.82, 2.24) is 24.9 Å². The van der Waals surface area contributed by atoms with Crippen LogP contribution >= 0.6 is 0 Å². The highest BCUT2D eigenvalue weighted by atomic mass is 16.2. The van der Waals surface area contributed by atoms with E-state index in [1.54, 1.807) is 0 Å². The molecule has 6 nitrogen and oxygen atoms in total. The van der Waals surface area contributed by atoms with Crippen LogP contribution in [0.3, 0.4) is 0 Å². The lowest BCUT2D eigenvalue weighted by atomic mass is 9.87. The van der Waals surface area contributed by atoms with Gasteiger partial charge in [-0.2, -0.15) is 5.10 Å². The van der Waals surface area contributed by atoms with E-state index >= 15 is 0 Å². The first kappa shape index (κ1) is 22.8. The molecule has 0 spiro atoms. The fourth-order valence-corrected chi connectivity index (χ4v) is 5.97. The molecule has 2 saturated heterocycles. The van der Waals surface area contributed by atoms with Crippen molar-refractivity contribution in [2.45, 2.75) is 50.7 Å². The largest absolute Gasteiger partial charge is 0.362 e. The second-order valence-electron chi connectivity index (χ2n) is 10.3. The van der Waals surface area contributed by atoms with E-state index < -0.39 is 0 Å². The van der Waals surface area contributed by atoms with Crippen LogP contribution in [0.25, 0.3) is 5.69 Å². The number of benzene rings is 2. The summed E-state index contributed by atoms with van der Waals surface area (Å²) in [5, 5.41) is 7.61. The Labute approximate surface area is 212 Å². The number of carbonyl (C=O) groups excluding carboxylic acids is 1. The number of likely N-dealkylation sites (tertiary alicyclic amines) is 1. The molecule has 2 fully saturated rings. The Morgan fingerprint density at radius 2 is 1.89 bits per heavy atom. The van der Waals surface area contributed by atoms with Crippen LogP contribution in [0.2, 0.25) is 0 Å². The molecule has 0 aliphatic carbocycles. The van der Waals surface area contributed by atoms with Gasteiger partial charge >= 0.3 is 0 Å². The third kappa shape index (κ3) is 4.37. The van der Waals surface area contributed by atoms with E-state index in [-0.39, 0.29) is 11.9 Å². The van der Waals surface area contributed by atoms with Gasteiger partial charge in [-0.15, -0.1) is 0 Å². The summed E-state index contributed by atoms with van der Waals surface area (Å²) >= 11 is 0. The van der Waals surface area contributed by atoms with Crippen molar-refractivity contribution in [2.75, 3.05) is 13.1 Å². The molecule has 0 bridgehead atoms. The summed E-state index contributed by atoms with van der Waals surface area (Å²) in [5.74, 6) is 0.671. The second-order valence-corrected chi connectivity index (χ2v) is 10.3. The van der Waals surface area contributed by atoms with Crippen LogP contribution in [-0.2, 0) is 13.1 Å². The van der Waals surface area contributed by atoms with E-state index in [2.05, 4.69) is 70.9 Å². The molecule has 4 heterocycles. The fraction of sp³-hybridized carbons (Fsp3) is 0.333. The van der Waals surface area contributed by atoms with Gasteiger partial charge in [-0.3, -0.25) is 9.69 Å². The minimum absolute atomic E-state index is 0.0360. The number of carbonyl (C=O) groups is 1. The Kier molecular flexibility index (Phi) is 5.97. The molecule has 0 saturated carbocycles. The third-order valence-corrected chi connectivity index (χ3v) is 7.94. The Bertz CT molecular complexity index is 1300. The van der Waals surface area contributed by atoms with E-state index in [9.17, 15) is 4.79 Å². The normalized spacial score (nSPS) is 21.1. The number of fused-ring (bicyclic) bond motifs is 1. The van der Waals surface area contributed by atoms with Gasteiger partial charge in [0, 0.05) is 42.4 Å². The van der Waals surface area contributed by atoms with Crippen molar-refractivity contribution in [2.24, 2.45) is 0 Å². The molecule has 184 valence electrons. The van der Waals surface area contributed by atoms with E-state index in [0.29, 0.717) is 12.5 Å². The van der Waals surface area contributed by atoms with Crippen molar-refractivity contribution in [3.05, 3.63) is 108 Å². The summed E-state index contributed by atoms with van der Waals surface area (Å²) in [5.41, 5.74) is 7.68. The SMILES string of the molecule is C=C1CCC(N2Cc3cc(C4CCN(Cc5cccc(-n6cccn6)c5)CC4)ccc3C2=O)C(=C)N1. The number of rotatable bonds is 5. The second kappa shape index (κ2) is 9.43. The van der Waals surface area contributed by atoms with Crippen molar-refractivity contribution >= 4 is 5.91 Å². The molecule has 1 amide bonds. The highest BCUT2D eigenvalue weighted by Crippen LogP contribution is 2.35. The van der Waals surface area contributed by atoms with Gasteiger partial charge in [0.1, 0.15) is 0 Å². The smallest absolute Gasteiger partial charge is 0.255 e. The first-order valence-electron chi connectivity index (χ1n) is 12.9. The Morgan fingerprint density at radius 1 is 1.03 bits per heavy atom. The lowest BCUT2D eigenvalue weighted by molar-refractivity contribution is 0.0711. The minimum Gasteiger partial charge on any atom is -0.362 e. The summed E-state index contributed by atoms with van der Waals surface area (Å²) in [6.45, 7) is 12.0. The minimum atomic E-state index is 0.0360. The van der Waals surface area contributed by atoms with Crippen LogP contribution in [0.15, 0.2) is 85.5 Å². The molecule has 3 aliphatic heterocycles. The highest BCUT2D eigenvalue weighted by Gasteiger charge is 2.36. The number of amides is 1. The highest BCUT2D eigenvalue weighted by molar-refractivity contribution is 5.98. The summed E-state index contributed by atoms with van der Waals surface area (Å²) in [6, 6.07) is 17.2. The maximum atomic E-state index is 13.1. The monoisotopic (exact) mass is 479 g/mol. The Hall–Kier alpha value is -3.64. The van der Waals surface area contributed by atoms with Crippen LogP contribution in [-0.4, -0.2) is 44.6 Å². The average molecular weight is 480 g/mol. The van der Waals surface area contributed by atoms with Gasteiger partial charge in [-0.05, 0) is 85.6 Å². The maximum absolute atomic E-state index is 13.1. The Morgan fingerprint density at radius 3 is 2.67 bits per heavy atom. The zero-order chi connectivity index (χ0) is 24.6. The van der Waals surface area contributed by atoms with Crippen LogP contribution in [0.5, 0.6) is 0 Å². The quantitative estimate of drug-likeness (QED) is 0.560. The van der Waals surface area contributed by atoms with E-state index in [0.717, 1.165) is 73.5 Å². The molecule has 0 radical (unpaired) electrons. The number of piperidine rings is 2. The molecule has 1 atom stereocenters. The van der Waals surface area contributed by atoms with Crippen molar-refractivity contribution in [3.63, 3.8) is 0 Å². The van der Waals surface area contributed by atoms with Gasteiger partial charge < -0.3 is 10.2 Å². The first-order chi connectivity index (χ1) is 17.5. The van der Waals surface area contributed by atoms with Crippen LogP contribution in [0, 0.1) is 0 Å². The molecule has 1 unspecified atom stereocenters. The number of hydrogen-bond acceptors (Lipinski definition) is 4. The molecule has 1 aromatic heterocycles. The molecule has 6 rings (SSSR count). The van der Waals surface area contributed by atoms with Crippen LogP contribution in [0.4, 0.5) is 0 Å². The van der Waals surface area contributed by atoms with Gasteiger partial charge in [0.2, 0.25) is 0 Å². The van der Waals surface area contributed by atoms with E-state index in [1.165, 1.54) is 11.1 Å². The van der Waals surface area contributed by atoms with Gasteiger partial charge in [-0.25, -0.2) is 4.68 Å². The zero-order valence-corrected chi connectivity index (χ0v) is 20.7. The molecule has 3 aliphatic rings. The number of aromatic nitrogens is 2. The molecule has 36 heavy (non-hydrogen) atoms. The lowest BCUT2D eigenvalue weighted by Gasteiger charge is -2.34. The molecule has 1 N–H and O–H groups in total. The average Bonchev–Trinajstić information content (AvgIpc) is 3.53. The summed E-state index contributed by atoms with van der Waals surface area (Å²) < 4.78 is 1.91. The number of nitrogens with one attached hydrogen (secondary N) is 1. The topological polar surface area (TPSA) is 53.4 Å². The first-order valence-corrected chi connectivity index (χ1v) is 12.9. The van der Waals surface area contributed by atoms with E-state index in [4.69, 9.17) is 0 Å². The zero-order valence-electron chi connectivity index (χ0n) is 20.7. The van der Waals surface area contributed by atoms with Gasteiger partial charge in [-0.1, -0.05) is 37.4 Å². The van der Waals surface area contributed by atoms with Gasteiger partial charge in [0.25, 0.3) is 5.91 Å². The molecule has 6 heteroatoms. The van der Waals surface area contributed by atoms with Crippen LogP contribution < -0.4 is 5.32 Å².